The molecule has 0 bridgehead atoms. The SMILES string of the molecule is O=C(Nc1ccc2ccccc2c1)c1ccc([N+](=O)[O-])o1. The Morgan fingerprint density at radius 2 is 1.81 bits per heavy atom. The first-order valence-corrected chi connectivity index (χ1v) is 6.18. The van der Waals surface area contributed by atoms with E-state index in [1.54, 1.807) is 6.07 Å². The summed E-state index contributed by atoms with van der Waals surface area (Å²) < 4.78 is 4.86. The standard InChI is InChI=1S/C15H10N2O4/c18-15(13-7-8-14(21-13)17(19)20)16-12-6-5-10-3-1-2-4-11(10)9-12/h1-9H,(H,16,18). The maximum atomic E-state index is 12.0. The molecule has 0 unspecified atom stereocenters. The highest BCUT2D eigenvalue weighted by atomic mass is 16.6. The van der Waals surface area contributed by atoms with Crippen LogP contribution in [0.4, 0.5) is 11.6 Å². The second-order valence-corrected chi connectivity index (χ2v) is 4.41. The van der Waals surface area contributed by atoms with Crippen LogP contribution in [-0.4, -0.2) is 10.8 Å². The number of fused-ring (bicyclic) bond motifs is 1. The molecule has 0 aliphatic heterocycles. The van der Waals surface area contributed by atoms with Gasteiger partial charge in [-0.1, -0.05) is 30.3 Å². The molecule has 0 saturated heterocycles. The van der Waals surface area contributed by atoms with Gasteiger partial charge in [-0.05, 0) is 29.0 Å². The molecule has 0 spiro atoms. The smallest absolute Gasteiger partial charge is 0.395 e. The van der Waals surface area contributed by atoms with Gasteiger partial charge in [0.05, 0.1) is 6.07 Å². The summed E-state index contributed by atoms with van der Waals surface area (Å²) in [6.45, 7) is 0. The maximum absolute atomic E-state index is 12.0. The second-order valence-electron chi connectivity index (χ2n) is 4.41. The highest BCUT2D eigenvalue weighted by Crippen LogP contribution is 2.21. The zero-order chi connectivity index (χ0) is 14.8. The van der Waals surface area contributed by atoms with Crippen molar-refractivity contribution < 1.29 is 14.1 Å². The van der Waals surface area contributed by atoms with Crippen molar-refractivity contribution in [1.82, 2.24) is 0 Å². The van der Waals surface area contributed by atoms with E-state index in [9.17, 15) is 14.9 Å². The van der Waals surface area contributed by atoms with E-state index in [4.69, 9.17) is 4.42 Å². The molecule has 2 aromatic carbocycles. The van der Waals surface area contributed by atoms with Gasteiger partial charge in [-0.3, -0.25) is 14.9 Å². The molecule has 0 aliphatic rings. The highest BCUT2D eigenvalue weighted by Gasteiger charge is 2.17. The second kappa shape index (κ2) is 5.09. The van der Waals surface area contributed by atoms with Crippen LogP contribution >= 0.6 is 0 Å². The van der Waals surface area contributed by atoms with E-state index in [2.05, 4.69) is 5.32 Å². The Morgan fingerprint density at radius 1 is 1.05 bits per heavy atom. The summed E-state index contributed by atoms with van der Waals surface area (Å²) in [4.78, 5) is 21.8. The molecule has 0 radical (unpaired) electrons. The molecule has 6 nitrogen and oxygen atoms in total. The van der Waals surface area contributed by atoms with E-state index in [-0.39, 0.29) is 5.76 Å². The average molecular weight is 282 g/mol. The molecule has 0 atom stereocenters. The zero-order valence-electron chi connectivity index (χ0n) is 10.8. The number of nitro groups is 1. The molecule has 0 aliphatic carbocycles. The fourth-order valence-electron chi connectivity index (χ4n) is 2.01. The number of benzene rings is 2. The average Bonchev–Trinajstić information content (AvgIpc) is 2.97. The number of carbonyl (C=O) groups excluding carboxylic acids is 1. The third-order valence-corrected chi connectivity index (χ3v) is 3.00. The first kappa shape index (κ1) is 12.9. The molecular weight excluding hydrogens is 272 g/mol. The van der Waals surface area contributed by atoms with Crippen molar-refractivity contribution in [2.24, 2.45) is 0 Å². The molecule has 3 aromatic rings. The number of hydrogen-bond acceptors (Lipinski definition) is 4. The van der Waals surface area contributed by atoms with Gasteiger partial charge in [0.1, 0.15) is 4.92 Å². The van der Waals surface area contributed by atoms with E-state index in [0.29, 0.717) is 5.69 Å². The number of nitrogens with one attached hydrogen (secondary N) is 1. The van der Waals surface area contributed by atoms with Crippen LogP contribution in [0.25, 0.3) is 10.8 Å². The Labute approximate surface area is 119 Å². The monoisotopic (exact) mass is 282 g/mol. The quantitative estimate of drug-likeness (QED) is 0.587. The van der Waals surface area contributed by atoms with Crippen molar-refractivity contribution in [3.05, 3.63) is 70.5 Å². The molecule has 0 saturated carbocycles. The van der Waals surface area contributed by atoms with Gasteiger partial charge in [0, 0.05) is 5.69 Å². The summed E-state index contributed by atoms with van der Waals surface area (Å²) in [5, 5.41) is 15.2. The summed E-state index contributed by atoms with van der Waals surface area (Å²) in [7, 11) is 0. The fraction of sp³-hybridized carbons (Fsp3) is 0. The summed E-state index contributed by atoms with van der Waals surface area (Å²) in [6, 6.07) is 15.6. The lowest BCUT2D eigenvalue weighted by atomic mass is 10.1. The predicted molar refractivity (Wildman–Crippen MR) is 77.3 cm³/mol. The third kappa shape index (κ3) is 2.59. The van der Waals surface area contributed by atoms with Crippen molar-refractivity contribution in [1.29, 1.82) is 0 Å². The number of hydrogen-bond donors (Lipinski definition) is 1. The van der Waals surface area contributed by atoms with Crippen molar-refractivity contribution in [2.75, 3.05) is 5.32 Å². The number of rotatable bonds is 3. The Hall–Kier alpha value is -3.15. The number of furan rings is 1. The predicted octanol–water partition coefficient (Wildman–Crippen LogP) is 3.59. The van der Waals surface area contributed by atoms with E-state index >= 15 is 0 Å². The van der Waals surface area contributed by atoms with E-state index < -0.39 is 16.7 Å². The zero-order valence-corrected chi connectivity index (χ0v) is 10.8. The van der Waals surface area contributed by atoms with Gasteiger partial charge in [-0.15, -0.1) is 0 Å². The summed E-state index contributed by atoms with van der Waals surface area (Å²) in [5.41, 5.74) is 0.595. The number of anilines is 1. The van der Waals surface area contributed by atoms with Crippen molar-refractivity contribution in [3.63, 3.8) is 0 Å². The van der Waals surface area contributed by atoms with Crippen molar-refractivity contribution in [3.8, 4) is 0 Å². The lowest BCUT2D eigenvalue weighted by molar-refractivity contribution is -0.402. The molecule has 3 rings (SSSR count). The number of carbonyl (C=O) groups is 1. The molecule has 21 heavy (non-hydrogen) atoms. The summed E-state index contributed by atoms with van der Waals surface area (Å²) in [6.07, 6.45) is 0. The Morgan fingerprint density at radius 3 is 2.52 bits per heavy atom. The molecule has 104 valence electrons. The number of amides is 1. The minimum Gasteiger partial charge on any atom is -0.395 e. The first-order chi connectivity index (χ1) is 10.1. The normalized spacial score (nSPS) is 10.5. The molecule has 1 amide bonds. The van der Waals surface area contributed by atoms with Crippen LogP contribution in [0.5, 0.6) is 0 Å². The van der Waals surface area contributed by atoms with Crippen LogP contribution in [0, 0.1) is 10.1 Å². The Kier molecular flexibility index (Phi) is 3.12. The maximum Gasteiger partial charge on any atom is 0.433 e. The Balaban J connectivity index is 1.83. The van der Waals surface area contributed by atoms with Gasteiger partial charge < -0.3 is 9.73 Å². The Bertz CT molecular complexity index is 838. The van der Waals surface area contributed by atoms with E-state index in [0.717, 1.165) is 16.8 Å². The van der Waals surface area contributed by atoms with Crippen molar-refractivity contribution in [2.45, 2.75) is 0 Å². The van der Waals surface area contributed by atoms with Gasteiger partial charge in [-0.25, -0.2) is 0 Å². The van der Waals surface area contributed by atoms with Gasteiger partial charge in [0.15, 0.2) is 5.76 Å². The van der Waals surface area contributed by atoms with Gasteiger partial charge >= 0.3 is 5.88 Å². The lowest BCUT2D eigenvalue weighted by Gasteiger charge is -2.04. The highest BCUT2D eigenvalue weighted by molar-refractivity contribution is 6.03. The molecular formula is C15H10N2O4. The minimum atomic E-state index is -0.688. The third-order valence-electron chi connectivity index (χ3n) is 3.00. The first-order valence-electron chi connectivity index (χ1n) is 6.18. The van der Waals surface area contributed by atoms with Crippen LogP contribution in [0.2, 0.25) is 0 Å². The molecule has 1 heterocycles. The summed E-state index contributed by atoms with van der Waals surface area (Å²) >= 11 is 0. The van der Waals surface area contributed by atoms with Crippen LogP contribution in [0.3, 0.4) is 0 Å². The lowest BCUT2D eigenvalue weighted by Crippen LogP contribution is -2.10. The van der Waals surface area contributed by atoms with Gasteiger partial charge in [-0.2, -0.15) is 0 Å². The van der Waals surface area contributed by atoms with Gasteiger partial charge in [0.25, 0.3) is 5.91 Å². The van der Waals surface area contributed by atoms with Gasteiger partial charge in [0.2, 0.25) is 0 Å². The minimum absolute atomic E-state index is 0.102. The van der Waals surface area contributed by atoms with E-state index in [1.807, 2.05) is 36.4 Å². The summed E-state index contributed by atoms with van der Waals surface area (Å²) in [5.74, 6) is -1.09. The topological polar surface area (TPSA) is 85.4 Å². The fourth-order valence-corrected chi connectivity index (χ4v) is 2.01. The van der Waals surface area contributed by atoms with Crippen LogP contribution in [0.15, 0.2) is 59.0 Å². The molecule has 1 N–H and O–H groups in total. The molecule has 0 fully saturated rings. The van der Waals surface area contributed by atoms with Crippen molar-refractivity contribution >= 4 is 28.3 Å². The van der Waals surface area contributed by atoms with Crippen LogP contribution in [0.1, 0.15) is 10.6 Å². The van der Waals surface area contributed by atoms with Crippen LogP contribution < -0.4 is 5.32 Å². The molecule has 1 aromatic heterocycles. The number of nitrogens with zero attached hydrogens (tertiary/aromatic N) is 1. The largest absolute Gasteiger partial charge is 0.433 e. The van der Waals surface area contributed by atoms with E-state index in [1.165, 1.54) is 6.07 Å². The molecule has 6 heteroatoms. The van der Waals surface area contributed by atoms with Crippen LogP contribution in [-0.2, 0) is 0 Å².